The van der Waals surface area contributed by atoms with Crippen LogP contribution in [0.4, 0.5) is 0 Å². The summed E-state index contributed by atoms with van der Waals surface area (Å²) in [5, 5.41) is 6.24. The Morgan fingerprint density at radius 3 is 2.89 bits per heavy atom. The summed E-state index contributed by atoms with van der Waals surface area (Å²) in [6.45, 7) is 4.80. The largest absolute Gasteiger partial charge is 0.455 e. The lowest BCUT2D eigenvalue weighted by Gasteiger charge is -2.32. The van der Waals surface area contributed by atoms with Crippen molar-refractivity contribution >= 4 is 28.9 Å². The fraction of sp³-hybridized carbons (Fsp3) is 0.476. The molecule has 1 unspecified atom stereocenters. The van der Waals surface area contributed by atoms with Crippen LogP contribution in [0.15, 0.2) is 27.0 Å². The third-order valence-corrected chi connectivity index (χ3v) is 6.49. The highest BCUT2D eigenvalue weighted by molar-refractivity contribution is 7.12. The minimum absolute atomic E-state index is 0.0268. The van der Waals surface area contributed by atoms with Crippen molar-refractivity contribution in [2.45, 2.75) is 58.4 Å². The topological polar surface area (TPSA) is 74.9 Å². The zero-order chi connectivity index (χ0) is 19.7. The first-order valence-corrected chi connectivity index (χ1v) is 10.8. The fourth-order valence-electron chi connectivity index (χ4n) is 4.10. The van der Waals surface area contributed by atoms with Crippen molar-refractivity contribution in [1.82, 2.24) is 10.3 Å². The van der Waals surface area contributed by atoms with E-state index in [9.17, 15) is 9.59 Å². The highest BCUT2D eigenvalue weighted by Gasteiger charge is 2.32. The molecule has 2 aromatic heterocycles. The van der Waals surface area contributed by atoms with Gasteiger partial charge in [-0.2, -0.15) is 5.10 Å². The summed E-state index contributed by atoms with van der Waals surface area (Å²) in [5.74, 6) is 0.995. The molecule has 7 heteroatoms. The van der Waals surface area contributed by atoms with Crippen molar-refractivity contribution in [3.05, 3.63) is 45.0 Å². The second-order valence-corrected chi connectivity index (χ2v) is 8.48. The van der Waals surface area contributed by atoms with E-state index >= 15 is 0 Å². The van der Waals surface area contributed by atoms with Crippen LogP contribution in [0.1, 0.15) is 76.1 Å². The molecular weight excluding hydrogens is 374 g/mol. The Balaban J connectivity index is 1.60. The van der Waals surface area contributed by atoms with Gasteiger partial charge in [0, 0.05) is 30.1 Å². The van der Waals surface area contributed by atoms with E-state index in [1.807, 2.05) is 23.3 Å². The molecule has 1 saturated heterocycles. The molecule has 2 aromatic rings. The Morgan fingerprint density at radius 2 is 2.14 bits per heavy atom. The zero-order valence-electron chi connectivity index (χ0n) is 16.3. The van der Waals surface area contributed by atoms with Gasteiger partial charge in [0.25, 0.3) is 11.8 Å². The smallest absolute Gasteiger partial charge is 0.290 e. The van der Waals surface area contributed by atoms with Gasteiger partial charge in [-0.25, -0.2) is 5.43 Å². The Morgan fingerprint density at radius 1 is 1.29 bits per heavy atom. The Labute approximate surface area is 168 Å². The molecule has 6 nitrogen and oxygen atoms in total. The number of rotatable bonds is 3. The van der Waals surface area contributed by atoms with Gasteiger partial charge in [0.1, 0.15) is 5.76 Å². The quantitative estimate of drug-likeness (QED) is 0.789. The lowest BCUT2D eigenvalue weighted by atomic mass is 9.93. The SMILES string of the molecule is Cc1c(C(=O)N2CCCCC2C)oc2c1/C(=N/NC(=O)c1cccs1)CCC2. The van der Waals surface area contributed by atoms with Gasteiger partial charge >= 0.3 is 0 Å². The van der Waals surface area contributed by atoms with Gasteiger partial charge in [0.15, 0.2) is 5.76 Å². The molecule has 0 saturated carbocycles. The number of hydrazone groups is 1. The summed E-state index contributed by atoms with van der Waals surface area (Å²) in [4.78, 5) is 27.9. The minimum atomic E-state index is -0.214. The van der Waals surface area contributed by atoms with E-state index in [-0.39, 0.29) is 17.9 Å². The van der Waals surface area contributed by atoms with Crippen LogP contribution in [0.25, 0.3) is 0 Å². The molecular formula is C21H25N3O3S. The first kappa shape index (κ1) is 18.9. The summed E-state index contributed by atoms with van der Waals surface area (Å²) in [7, 11) is 0. The number of nitrogens with zero attached hydrogens (tertiary/aromatic N) is 2. The average Bonchev–Trinajstić information content (AvgIpc) is 3.35. The number of carbonyl (C=O) groups excluding carboxylic acids is 2. The number of thiophene rings is 1. The maximum Gasteiger partial charge on any atom is 0.290 e. The molecule has 0 radical (unpaired) electrons. The molecule has 1 fully saturated rings. The maximum absolute atomic E-state index is 13.1. The van der Waals surface area contributed by atoms with Crippen LogP contribution in [0.5, 0.6) is 0 Å². The van der Waals surface area contributed by atoms with Crippen molar-refractivity contribution in [1.29, 1.82) is 0 Å². The van der Waals surface area contributed by atoms with Crippen molar-refractivity contribution in [2.24, 2.45) is 5.10 Å². The molecule has 2 aliphatic rings. The second-order valence-electron chi connectivity index (χ2n) is 7.53. The van der Waals surface area contributed by atoms with E-state index < -0.39 is 0 Å². The Hall–Kier alpha value is -2.41. The number of piperidine rings is 1. The summed E-state index contributed by atoms with van der Waals surface area (Å²) in [5.41, 5.74) is 5.17. The zero-order valence-corrected chi connectivity index (χ0v) is 17.1. The summed E-state index contributed by atoms with van der Waals surface area (Å²) < 4.78 is 6.03. The summed E-state index contributed by atoms with van der Waals surface area (Å²) >= 11 is 1.38. The van der Waals surface area contributed by atoms with Crippen LogP contribution < -0.4 is 5.43 Å². The van der Waals surface area contributed by atoms with Gasteiger partial charge in [-0.05, 0) is 57.4 Å². The van der Waals surface area contributed by atoms with Crippen molar-refractivity contribution < 1.29 is 14.0 Å². The van der Waals surface area contributed by atoms with Crippen LogP contribution >= 0.6 is 11.3 Å². The monoisotopic (exact) mass is 399 g/mol. The second kappa shape index (κ2) is 7.91. The van der Waals surface area contributed by atoms with Gasteiger partial charge in [-0.1, -0.05) is 6.07 Å². The predicted molar refractivity (Wildman–Crippen MR) is 109 cm³/mol. The molecule has 28 heavy (non-hydrogen) atoms. The first-order valence-electron chi connectivity index (χ1n) is 9.90. The summed E-state index contributed by atoms with van der Waals surface area (Å²) in [6, 6.07) is 3.85. The van der Waals surface area contributed by atoms with Gasteiger partial charge in [0.2, 0.25) is 0 Å². The molecule has 2 amide bonds. The summed E-state index contributed by atoms with van der Waals surface area (Å²) in [6.07, 6.45) is 5.67. The first-order chi connectivity index (χ1) is 13.6. The van der Waals surface area contributed by atoms with E-state index in [2.05, 4.69) is 17.5 Å². The number of fused-ring (bicyclic) bond motifs is 1. The van der Waals surface area contributed by atoms with E-state index in [4.69, 9.17) is 4.42 Å². The Bertz CT molecular complexity index is 914. The van der Waals surface area contributed by atoms with Crippen molar-refractivity contribution in [3.63, 3.8) is 0 Å². The van der Waals surface area contributed by atoms with Gasteiger partial charge in [-0.3, -0.25) is 9.59 Å². The molecule has 4 rings (SSSR count). The third kappa shape index (κ3) is 3.51. The van der Waals surface area contributed by atoms with Gasteiger partial charge < -0.3 is 9.32 Å². The average molecular weight is 400 g/mol. The number of amides is 2. The maximum atomic E-state index is 13.1. The van der Waals surface area contributed by atoms with Crippen LogP contribution in [0.2, 0.25) is 0 Å². The number of hydrogen-bond acceptors (Lipinski definition) is 5. The number of likely N-dealkylation sites (tertiary alicyclic amines) is 1. The van der Waals surface area contributed by atoms with E-state index in [1.165, 1.54) is 17.8 Å². The molecule has 0 bridgehead atoms. The Kier molecular flexibility index (Phi) is 5.35. The molecule has 0 aromatic carbocycles. The standard InChI is InChI=1S/C21H25N3O3S/c1-13-7-3-4-11-24(13)21(26)19-14(2)18-15(8-5-9-16(18)27-19)22-23-20(25)17-10-6-12-28-17/h6,10,12-13H,3-5,7-9,11H2,1-2H3,(H,23,25)/b22-15+. The van der Waals surface area contributed by atoms with E-state index in [0.717, 1.165) is 61.2 Å². The third-order valence-electron chi connectivity index (χ3n) is 5.62. The number of hydrogen-bond donors (Lipinski definition) is 1. The molecule has 1 aliphatic heterocycles. The molecule has 3 heterocycles. The number of carbonyl (C=O) groups is 2. The lowest BCUT2D eigenvalue weighted by Crippen LogP contribution is -2.42. The lowest BCUT2D eigenvalue weighted by molar-refractivity contribution is 0.0600. The highest BCUT2D eigenvalue weighted by atomic mass is 32.1. The number of furan rings is 1. The molecule has 148 valence electrons. The molecule has 1 N–H and O–H groups in total. The van der Waals surface area contributed by atoms with Crippen LogP contribution in [0.3, 0.4) is 0 Å². The number of nitrogens with one attached hydrogen (secondary N) is 1. The van der Waals surface area contributed by atoms with Crippen molar-refractivity contribution in [3.8, 4) is 0 Å². The van der Waals surface area contributed by atoms with E-state index in [1.54, 1.807) is 6.07 Å². The molecule has 0 spiro atoms. The highest BCUT2D eigenvalue weighted by Crippen LogP contribution is 2.31. The fourth-order valence-corrected chi connectivity index (χ4v) is 4.71. The van der Waals surface area contributed by atoms with Gasteiger partial charge in [-0.15, -0.1) is 11.3 Å². The van der Waals surface area contributed by atoms with Gasteiger partial charge in [0.05, 0.1) is 10.6 Å². The van der Waals surface area contributed by atoms with Crippen LogP contribution in [0, 0.1) is 6.92 Å². The molecule has 1 atom stereocenters. The minimum Gasteiger partial charge on any atom is -0.455 e. The molecule has 1 aliphatic carbocycles. The van der Waals surface area contributed by atoms with Crippen LogP contribution in [-0.4, -0.2) is 35.0 Å². The van der Waals surface area contributed by atoms with Crippen molar-refractivity contribution in [2.75, 3.05) is 6.54 Å². The van der Waals surface area contributed by atoms with E-state index in [0.29, 0.717) is 10.6 Å². The van der Waals surface area contributed by atoms with Crippen LogP contribution in [-0.2, 0) is 6.42 Å². The predicted octanol–water partition coefficient (Wildman–Crippen LogP) is 4.13. The normalized spacial score (nSPS) is 20.9. The number of aryl methyl sites for hydroxylation is 1.